The first-order valence-corrected chi connectivity index (χ1v) is 7.13. The molecule has 0 heterocycles. The van der Waals surface area contributed by atoms with Gasteiger partial charge < -0.3 is 14.2 Å². The maximum Gasteiger partial charge on any atom is 0.341 e. The highest BCUT2D eigenvalue weighted by Crippen LogP contribution is 2.36. The van der Waals surface area contributed by atoms with Crippen molar-refractivity contribution in [3.8, 4) is 17.2 Å². The van der Waals surface area contributed by atoms with E-state index in [9.17, 15) is 14.9 Å². The summed E-state index contributed by atoms with van der Waals surface area (Å²) in [5.41, 5.74) is -0.130. The van der Waals surface area contributed by atoms with Gasteiger partial charge in [0.15, 0.2) is 0 Å². The number of carbonyl (C=O) groups excluding carboxylic acids is 1. The normalized spacial score (nSPS) is 10.0. The van der Waals surface area contributed by atoms with E-state index in [1.54, 1.807) is 6.07 Å². The predicted molar refractivity (Wildman–Crippen MR) is 85.2 cm³/mol. The number of carbonyl (C=O) groups is 1. The van der Waals surface area contributed by atoms with E-state index in [0.29, 0.717) is 10.2 Å². The number of esters is 1. The number of halogens is 1. The Hall–Kier alpha value is -2.61. The molecule has 2 aromatic carbocycles. The summed E-state index contributed by atoms with van der Waals surface area (Å²) in [5, 5.41) is 11.2. The van der Waals surface area contributed by atoms with Crippen molar-refractivity contribution in [2.24, 2.45) is 0 Å². The Morgan fingerprint density at radius 2 is 1.83 bits per heavy atom. The van der Waals surface area contributed by atoms with Gasteiger partial charge in [0, 0.05) is 4.47 Å². The summed E-state index contributed by atoms with van der Waals surface area (Å²) in [7, 11) is 2.65. The number of hydrogen-bond acceptors (Lipinski definition) is 6. The van der Waals surface area contributed by atoms with Gasteiger partial charge in [-0.1, -0.05) is 15.9 Å². The van der Waals surface area contributed by atoms with Crippen molar-refractivity contribution >= 4 is 27.6 Å². The van der Waals surface area contributed by atoms with Crippen molar-refractivity contribution in [1.29, 1.82) is 0 Å². The Morgan fingerprint density at radius 3 is 2.43 bits per heavy atom. The van der Waals surface area contributed by atoms with Gasteiger partial charge in [-0.2, -0.15) is 0 Å². The third-order valence-electron chi connectivity index (χ3n) is 2.93. The van der Waals surface area contributed by atoms with Crippen LogP contribution >= 0.6 is 15.9 Å². The first-order valence-electron chi connectivity index (χ1n) is 6.34. The fraction of sp³-hybridized carbons (Fsp3) is 0.133. The standard InChI is InChI=1S/C15H12BrNO6/c1-21-10-4-6-14(12(8-10)17(19)20)23-13-5-3-9(16)7-11(13)15(18)22-2/h3-8H,1-2H3. The first kappa shape index (κ1) is 16.8. The summed E-state index contributed by atoms with van der Waals surface area (Å²) >= 11 is 3.25. The number of nitro groups is 1. The monoisotopic (exact) mass is 381 g/mol. The molecule has 7 nitrogen and oxygen atoms in total. The molecule has 0 fully saturated rings. The fourth-order valence-corrected chi connectivity index (χ4v) is 2.19. The zero-order chi connectivity index (χ0) is 17.0. The van der Waals surface area contributed by atoms with Gasteiger partial charge in [0.2, 0.25) is 5.75 Å². The minimum absolute atomic E-state index is 0.0109. The molecule has 0 bridgehead atoms. The molecule has 0 unspecified atom stereocenters. The third kappa shape index (κ3) is 3.78. The van der Waals surface area contributed by atoms with E-state index in [2.05, 4.69) is 15.9 Å². The second-order valence-electron chi connectivity index (χ2n) is 4.32. The van der Waals surface area contributed by atoms with Crippen LogP contribution in [0.5, 0.6) is 17.2 Å². The number of nitro benzene ring substituents is 1. The molecular weight excluding hydrogens is 370 g/mol. The van der Waals surface area contributed by atoms with Crippen LogP contribution in [0.3, 0.4) is 0 Å². The second-order valence-corrected chi connectivity index (χ2v) is 5.24. The van der Waals surface area contributed by atoms with E-state index in [4.69, 9.17) is 14.2 Å². The summed E-state index contributed by atoms with van der Waals surface area (Å²) in [6.45, 7) is 0. The zero-order valence-electron chi connectivity index (χ0n) is 12.2. The number of nitrogens with zero attached hydrogens (tertiary/aromatic N) is 1. The Bertz CT molecular complexity index is 762. The van der Waals surface area contributed by atoms with Crippen molar-refractivity contribution in [3.63, 3.8) is 0 Å². The van der Waals surface area contributed by atoms with Crippen LogP contribution in [0.15, 0.2) is 40.9 Å². The van der Waals surface area contributed by atoms with Gasteiger partial charge in [-0.25, -0.2) is 4.79 Å². The lowest BCUT2D eigenvalue weighted by atomic mass is 10.2. The summed E-state index contributed by atoms with van der Waals surface area (Å²) < 4.78 is 15.9. The Labute approximate surface area is 140 Å². The van der Waals surface area contributed by atoms with E-state index in [1.165, 1.54) is 44.6 Å². The molecule has 0 N–H and O–H groups in total. The minimum atomic E-state index is -0.613. The summed E-state index contributed by atoms with van der Waals surface area (Å²) in [5.74, 6) is -0.151. The zero-order valence-corrected chi connectivity index (χ0v) is 13.8. The molecule has 2 aromatic rings. The SMILES string of the molecule is COC(=O)c1cc(Br)ccc1Oc1ccc(OC)cc1[N+](=O)[O-]. The lowest BCUT2D eigenvalue weighted by Gasteiger charge is -2.11. The topological polar surface area (TPSA) is 87.9 Å². The number of methoxy groups -OCH3 is 2. The highest BCUT2D eigenvalue weighted by atomic mass is 79.9. The van der Waals surface area contributed by atoms with Crippen LogP contribution in [-0.2, 0) is 4.74 Å². The van der Waals surface area contributed by atoms with Gasteiger partial charge in [0.05, 0.1) is 25.2 Å². The smallest absolute Gasteiger partial charge is 0.341 e. The molecule has 0 aliphatic carbocycles. The quantitative estimate of drug-likeness (QED) is 0.442. The summed E-state index contributed by atoms with van der Waals surface area (Å²) in [6, 6.07) is 8.85. The molecule has 0 aliphatic heterocycles. The van der Waals surface area contributed by atoms with E-state index in [0.717, 1.165) is 0 Å². The molecule has 0 amide bonds. The number of benzene rings is 2. The third-order valence-corrected chi connectivity index (χ3v) is 3.42. The predicted octanol–water partition coefficient (Wildman–Crippen LogP) is 3.94. The number of rotatable bonds is 5. The number of ether oxygens (including phenoxy) is 3. The molecule has 0 saturated heterocycles. The fourth-order valence-electron chi connectivity index (χ4n) is 1.83. The highest BCUT2D eigenvalue weighted by Gasteiger charge is 2.20. The Morgan fingerprint density at radius 1 is 1.13 bits per heavy atom. The van der Waals surface area contributed by atoms with Gasteiger partial charge in [0.25, 0.3) is 0 Å². The van der Waals surface area contributed by atoms with Gasteiger partial charge in [-0.15, -0.1) is 0 Å². The van der Waals surface area contributed by atoms with Crippen molar-refractivity contribution in [2.75, 3.05) is 14.2 Å². The van der Waals surface area contributed by atoms with Crippen LogP contribution < -0.4 is 9.47 Å². The average molecular weight is 382 g/mol. The second kappa shape index (κ2) is 7.10. The van der Waals surface area contributed by atoms with E-state index in [1.807, 2.05) is 0 Å². The molecular formula is C15H12BrNO6. The van der Waals surface area contributed by atoms with Crippen LogP contribution in [0, 0.1) is 10.1 Å². The van der Waals surface area contributed by atoms with Crippen molar-refractivity contribution in [1.82, 2.24) is 0 Å². The van der Waals surface area contributed by atoms with E-state index in [-0.39, 0.29) is 22.7 Å². The molecule has 0 spiro atoms. The van der Waals surface area contributed by atoms with Gasteiger partial charge in [-0.05, 0) is 30.3 Å². The van der Waals surface area contributed by atoms with Crippen LogP contribution in [0.2, 0.25) is 0 Å². The molecule has 0 atom stereocenters. The molecule has 0 saturated carbocycles. The molecule has 120 valence electrons. The molecule has 8 heteroatoms. The van der Waals surface area contributed by atoms with Crippen LogP contribution in [0.1, 0.15) is 10.4 Å². The lowest BCUT2D eigenvalue weighted by molar-refractivity contribution is -0.385. The summed E-state index contributed by atoms with van der Waals surface area (Å²) in [4.78, 5) is 22.4. The first-order chi connectivity index (χ1) is 11.0. The van der Waals surface area contributed by atoms with Crippen LogP contribution in [-0.4, -0.2) is 25.1 Å². The summed E-state index contributed by atoms with van der Waals surface area (Å²) in [6.07, 6.45) is 0. The minimum Gasteiger partial charge on any atom is -0.496 e. The van der Waals surface area contributed by atoms with Crippen molar-refractivity contribution in [3.05, 3.63) is 56.5 Å². The molecule has 0 aliphatic rings. The van der Waals surface area contributed by atoms with Gasteiger partial charge in [-0.3, -0.25) is 10.1 Å². The molecule has 2 rings (SSSR count). The molecule has 0 radical (unpaired) electrons. The van der Waals surface area contributed by atoms with E-state index >= 15 is 0 Å². The van der Waals surface area contributed by atoms with Gasteiger partial charge >= 0.3 is 11.7 Å². The molecule has 23 heavy (non-hydrogen) atoms. The van der Waals surface area contributed by atoms with E-state index < -0.39 is 10.9 Å². The Balaban J connectivity index is 2.47. The van der Waals surface area contributed by atoms with Gasteiger partial charge in [0.1, 0.15) is 17.1 Å². The largest absolute Gasteiger partial charge is 0.496 e. The highest BCUT2D eigenvalue weighted by molar-refractivity contribution is 9.10. The maximum absolute atomic E-state index is 11.8. The lowest BCUT2D eigenvalue weighted by Crippen LogP contribution is -2.04. The van der Waals surface area contributed by atoms with Crippen molar-refractivity contribution in [2.45, 2.75) is 0 Å². The average Bonchev–Trinajstić information content (AvgIpc) is 2.55. The number of hydrogen-bond donors (Lipinski definition) is 0. The van der Waals surface area contributed by atoms with Crippen molar-refractivity contribution < 1.29 is 23.9 Å². The van der Waals surface area contributed by atoms with Crippen LogP contribution in [0.25, 0.3) is 0 Å². The Kier molecular flexibility index (Phi) is 5.17. The van der Waals surface area contributed by atoms with Crippen LogP contribution in [0.4, 0.5) is 5.69 Å². The molecule has 0 aromatic heterocycles. The maximum atomic E-state index is 11.8.